The maximum atomic E-state index is 14.0. The molecule has 0 radical (unpaired) electrons. The zero-order valence-corrected chi connectivity index (χ0v) is 12.8. The number of hydrogen-bond donors (Lipinski definition) is 1. The predicted molar refractivity (Wildman–Crippen MR) is 75.2 cm³/mol. The Morgan fingerprint density at radius 3 is 2.45 bits per heavy atom. The van der Waals surface area contributed by atoms with Crippen molar-refractivity contribution in [3.8, 4) is 11.5 Å². The van der Waals surface area contributed by atoms with E-state index in [0.717, 1.165) is 6.07 Å². The van der Waals surface area contributed by atoms with Crippen LogP contribution in [0, 0.1) is 11.6 Å². The largest absolute Gasteiger partial charge is 0.478 e. The summed E-state index contributed by atoms with van der Waals surface area (Å²) in [4.78, 5) is 10.8. The molecule has 104 valence electrons. The van der Waals surface area contributed by atoms with E-state index in [1.165, 1.54) is 24.3 Å². The van der Waals surface area contributed by atoms with Crippen LogP contribution in [0.1, 0.15) is 10.4 Å². The number of carbonyl (C=O) groups is 1. The molecule has 0 saturated heterocycles. The molecule has 0 fully saturated rings. The molecular formula is C13H6Br2F2O3. The molecule has 3 nitrogen and oxygen atoms in total. The van der Waals surface area contributed by atoms with Gasteiger partial charge in [0.1, 0.15) is 11.6 Å². The molecule has 0 amide bonds. The second-order valence-corrected chi connectivity index (χ2v) is 5.37. The van der Waals surface area contributed by atoms with Gasteiger partial charge in [0.25, 0.3) is 0 Å². The van der Waals surface area contributed by atoms with E-state index in [-0.39, 0.29) is 26.0 Å². The molecule has 0 aliphatic rings. The highest BCUT2D eigenvalue weighted by atomic mass is 79.9. The SMILES string of the molecule is O=C(O)c1ccc(Oc2ccc(F)c(Br)c2)c(F)c1Br. The van der Waals surface area contributed by atoms with Gasteiger partial charge < -0.3 is 9.84 Å². The molecule has 20 heavy (non-hydrogen) atoms. The fraction of sp³-hybridized carbons (Fsp3) is 0. The van der Waals surface area contributed by atoms with Crippen molar-refractivity contribution in [2.45, 2.75) is 0 Å². The van der Waals surface area contributed by atoms with Crippen molar-refractivity contribution >= 4 is 37.8 Å². The van der Waals surface area contributed by atoms with Crippen LogP contribution < -0.4 is 4.74 Å². The Hall–Kier alpha value is -1.47. The van der Waals surface area contributed by atoms with Crippen molar-refractivity contribution in [2.75, 3.05) is 0 Å². The minimum absolute atomic E-state index is 0.166. The number of carboxylic acid groups (broad SMARTS) is 1. The molecule has 2 aromatic rings. The smallest absolute Gasteiger partial charge is 0.336 e. The van der Waals surface area contributed by atoms with E-state index in [1.54, 1.807) is 0 Å². The van der Waals surface area contributed by atoms with Crippen LogP contribution in [-0.4, -0.2) is 11.1 Å². The van der Waals surface area contributed by atoms with Crippen molar-refractivity contribution in [1.29, 1.82) is 0 Å². The van der Waals surface area contributed by atoms with Gasteiger partial charge >= 0.3 is 5.97 Å². The molecule has 7 heteroatoms. The average Bonchev–Trinajstić information content (AvgIpc) is 2.39. The lowest BCUT2D eigenvalue weighted by Gasteiger charge is -2.09. The van der Waals surface area contributed by atoms with Crippen molar-refractivity contribution in [3.05, 3.63) is 56.5 Å². The van der Waals surface area contributed by atoms with Crippen LogP contribution in [0.2, 0.25) is 0 Å². The van der Waals surface area contributed by atoms with Crippen molar-refractivity contribution < 1.29 is 23.4 Å². The van der Waals surface area contributed by atoms with E-state index in [1.807, 2.05) is 0 Å². The molecule has 2 aromatic carbocycles. The van der Waals surface area contributed by atoms with Crippen LogP contribution in [0.4, 0.5) is 8.78 Å². The topological polar surface area (TPSA) is 46.5 Å². The van der Waals surface area contributed by atoms with Crippen LogP contribution in [0.25, 0.3) is 0 Å². The standard InChI is InChI=1S/C13H6Br2F2O3/c14-8-5-6(1-3-9(8)16)20-10-4-2-7(13(18)19)11(15)12(10)17/h1-5H,(H,18,19). The molecule has 0 aromatic heterocycles. The van der Waals surface area contributed by atoms with Crippen LogP contribution >= 0.6 is 31.9 Å². The lowest BCUT2D eigenvalue weighted by molar-refractivity contribution is 0.0695. The summed E-state index contributed by atoms with van der Waals surface area (Å²) >= 11 is 5.85. The molecule has 1 N–H and O–H groups in total. The van der Waals surface area contributed by atoms with Gasteiger partial charge in [-0.3, -0.25) is 0 Å². The van der Waals surface area contributed by atoms with Crippen molar-refractivity contribution in [2.24, 2.45) is 0 Å². The Morgan fingerprint density at radius 1 is 1.15 bits per heavy atom. The zero-order valence-electron chi connectivity index (χ0n) is 9.66. The lowest BCUT2D eigenvalue weighted by atomic mass is 10.2. The Bertz CT molecular complexity index is 690. The van der Waals surface area contributed by atoms with Gasteiger partial charge in [-0.15, -0.1) is 0 Å². The lowest BCUT2D eigenvalue weighted by Crippen LogP contribution is -2.00. The number of benzene rings is 2. The van der Waals surface area contributed by atoms with Gasteiger partial charge in [0.05, 0.1) is 14.5 Å². The third kappa shape index (κ3) is 2.99. The molecule has 0 aliphatic carbocycles. The first-order chi connectivity index (χ1) is 9.40. The summed E-state index contributed by atoms with van der Waals surface area (Å²) in [6.07, 6.45) is 0. The number of halogens is 4. The van der Waals surface area contributed by atoms with Gasteiger partial charge in [0.15, 0.2) is 11.6 Å². The monoisotopic (exact) mass is 406 g/mol. The Balaban J connectivity index is 2.37. The molecular weight excluding hydrogens is 402 g/mol. The quantitative estimate of drug-likeness (QED) is 0.780. The Labute approximate surface area is 129 Å². The van der Waals surface area contributed by atoms with Gasteiger partial charge in [-0.25, -0.2) is 13.6 Å². The molecule has 0 aliphatic heterocycles. The van der Waals surface area contributed by atoms with E-state index in [9.17, 15) is 13.6 Å². The third-order valence-corrected chi connectivity index (χ3v) is 3.78. The van der Waals surface area contributed by atoms with E-state index < -0.39 is 17.6 Å². The van der Waals surface area contributed by atoms with Crippen LogP contribution in [-0.2, 0) is 0 Å². The van der Waals surface area contributed by atoms with Gasteiger partial charge in [0, 0.05) is 0 Å². The first-order valence-corrected chi connectivity index (χ1v) is 6.83. The second-order valence-electron chi connectivity index (χ2n) is 3.72. The van der Waals surface area contributed by atoms with Gasteiger partial charge in [-0.2, -0.15) is 0 Å². The number of hydrogen-bond acceptors (Lipinski definition) is 2. The minimum Gasteiger partial charge on any atom is -0.478 e. The number of carboxylic acids is 1. The number of aromatic carboxylic acids is 1. The third-order valence-electron chi connectivity index (χ3n) is 2.40. The van der Waals surface area contributed by atoms with E-state index >= 15 is 0 Å². The highest BCUT2D eigenvalue weighted by Gasteiger charge is 2.17. The fourth-order valence-corrected chi connectivity index (χ4v) is 2.30. The van der Waals surface area contributed by atoms with E-state index in [4.69, 9.17) is 9.84 Å². The highest BCUT2D eigenvalue weighted by molar-refractivity contribution is 9.10. The maximum absolute atomic E-state index is 14.0. The number of ether oxygens (including phenoxy) is 1. The van der Waals surface area contributed by atoms with Crippen molar-refractivity contribution in [1.82, 2.24) is 0 Å². The fourth-order valence-electron chi connectivity index (χ4n) is 1.44. The summed E-state index contributed by atoms with van der Waals surface area (Å²) in [5.41, 5.74) is -0.213. The molecule has 0 bridgehead atoms. The Kier molecular flexibility index (Phi) is 4.39. The number of rotatable bonds is 3. The van der Waals surface area contributed by atoms with E-state index in [0.29, 0.717) is 0 Å². The molecule has 0 heterocycles. The second kappa shape index (κ2) is 5.88. The van der Waals surface area contributed by atoms with Crippen molar-refractivity contribution in [3.63, 3.8) is 0 Å². The average molecular weight is 408 g/mol. The first-order valence-electron chi connectivity index (χ1n) is 5.24. The van der Waals surface area contributed by atoms with Gasteiger partial charge in [-0.05, 0) is 62.2 Å². The molecule has 2 rings (SSSR count). The summed E-state index contributed by atoms with van der Waals surface area (Å²) in [6.45, 7) is 0. The maximum Gasteiger partial charge on any atom is 0.336 e. The minimum atomic E-state index is -1.26. The van der Waals surface area contributed by atoms with E-state index in [2.05, 4.69) is 31.9 Å². The summed E-state index contributed by atoms with van der Waals surface area (Å²) in [6, 6.07) is 6.24. The summed E-state index contributed by atoms with van der Waals surface area (Å²) < 4.78 is 32.3. The zero-order chi connectivity index (χ0) is 14.9. The van der Waals surface area contributed by atoms with Gasteiger partial charge in [-0.1, -0.05) is 0 Å². The van der Waals surface area contributed by atoms with Crippen LogP contribution in [0.3, 0.4) is 0 Å². The molecule has 0 spiro atoms. The van der Waals surface area contributed by atoms with Crippen LogP contribution in [0.5, 0.6) is 11.5 Å². The van der Waals surface area contributed by atoms with Crippen LogP contribution in [0.15, 0.2) is 39.3 Å². The summed E-state index contributed by atoms with van der Waals surface area (Å²) in [5, 5.41) is 8.85. The van der Waals surface area contributed by atoms with Gasteiger partial charge in [0.2, 0.25) is 0 Å². The molecule has 0 unspecified atom stereocenters. The first kappa shape index (κ1) is 14.9. The molecule has 0 saturated carbocycles. The normalized spacial score (nSPS) is 10.4. The summed E-state index contributed by atoms with van der Waals surface area (Å²) in [7, 11) is 0. The summed E-state index contributed by atoms with van der Waals surface area (Å²) in [5.74, 6) is -2.52. The molecule has 0 atom stereocenters. The highest BCUT2D eigenvalue weighted by Crippen LogP contribution is 2.33. The predicted octanol–water partition coefficient (Wildman–Crippen LogP) is 4.98. The Morgan fingerprint density at radius 2 is 1.85 bits per heavy atom.